The molecule has 41 heavy (non-hydrogen) atoms. The van der Waals surface area contributed by atoms with Crippen molar-refractivity contribution in [2.24, 2.45) is 5.41 Å². The van der Waals surface area contributed by atoms with Crippen LogP contribution in [0.25, 0.3) is 0 Å². The summed E-state index contributed by atoms with van der Waals surface area (Å²) in [4.78, 5) is 45.9. The molecule has 1 aromatic carbocycles. The number of carbonyl (C=O) groups is 2. The first-order chi connectivity index (χ1) is 19.5. The number of methoxy groups -OCH3 is 1. The van der Waals surface area contributed by atoms with Gasteiger partial charge in [-0.05, 0) is 48.9 Å². The molecule has 2 N–H and O–H groups in total. The van der Waals surface area contributed by atoms with E-state index in [-0.39, 0.29) is 54.7 Å². The van der Waals surface area contributed by atoms with Crippen LogP contribution in [0.1, 0.15) is 65.1 Å². The van der Waals surface area contributed by atoms with E-state index < -0.39 is 41.0 Å². The van der Waals surface area contributed by atoms with Gasteiger partial charge in [-0.3, -0.25) is 14.4 Å². The van der Waals surface area contributed by atoms with E-state index in [0.717, 1.165) is 19.3 Å². The minimum atomic E-state index is -0.706. The summed E-state index contributed by atoms with van der Waals surface area (Å²) >= 11 is 5.91. The average Bonchev–Trinajstić information content (AvgIpc) is 2.96. The van der Waals surface area contributed by atoms with Crippen LogP contribution in [-0.2, 0) is 22.4 Å². The summed E-state index contributed by atoms with van der Waals surface area (Å²) in [5.41, 5.74) is -0.380. The second-order valence-corrected chi connectivity index (χ2v) is 11.6. The van der Waals surface area contributed by atoms with Crippen molar-refractivity contribution in [2.45, 2.75) is 58.5 Å². The Morgan fingerprint density at radius 1 is 1.34 bits per heavy atom. The van der Waals surface area contributed by atoms with E-state index >= 15 is 0 Å². The zero-order chi connectivity index (χ0) is 29.9. The van der Waals surface area contributed by atoms with Crippen molar-refractivity contribution in [3.63, 3.8) is 0 Å². The third kappa shape index (κ3) is 6.74. The van der Waals surface area contributed by atoms with E-state index in [4.69, 9.17) is 25.8 Å². The number of pyridine rings is 1. The number of aliphatic hydroxyl groups excluding tert-OH is 1. The maximum atomic E-state index is 13.8. The van der Waals surface area contributed by atoms with Gasteiger partial charge in [-0.1, -0.05) is 31.5 Å². The summed E-state index contributed by atoms with van der Waals surface area (Å²) in [6.45, 7) is 4.60. The van der Waals surface area contributed by atoms with Crippen molar-refractivity contribution in [3.05, 3.63) is 61.8 Å². The van der Waals surface area contributed by atoms with Crippen LogP contribution in [0.2, 0.25) is 5.02 Å². The molecule has 2 aromatic rings. The largest absolute Gasteiger partial charge is 0.491 e. The molecular weight excluding hydrogens is 557 g/mol. The van der Waals surface area contributed by atoms with Crippen molar-refractivity contribution in [1.82, 2.24) is 14.8 Å². The molecule has 4 rings (SSSR count). The van der Waals surface area contributed by atoms with Gasteiger partial charge in [0, 0.05) is 38.7 Å². The number of H-pyrrole nitrogens is 1. The monoisotopic (exact) mass is 593 g/mol. The van der Waals surface area contributed by atoms with Crippen molar-refractivity contribution < 1.29 is 33.3 Å². The molecule has 2 atom stereocenters. The molecule has 3 heterocycles. The summed E-state index contributed by atoms with van der Waals surface area (Å²) in [6, 6.07) is 4.21. The lowest BCUT2D eigenvalue weighted by atomic mass is 9.86. The number of halogens is 2. The highest BCUT2D eigenvalue weighted by molar-refractivity contribution is 6.30. The molecule has 1 aromatic heterocycles. The Labute approximate surface area is 243 Å². The van der Waals surface area contributed by atoms with E-state index in [1.165, 1.54) is 35.1 Å². The van der Waals surface area contributed by atoms with Crippen molar-refractivity contribution in [2.75, 3.05) is 40.5 Å². The minimum absolute atomic E-state index is 0.000553. The van der Waals surface area contributed by atoms with Crippen LogP contribution in [0, 0.1) is 11.2 Å². The first-order valence-corrected chi connectivity index (χ1v) is 14.0. The van der Waals surface area contributed by atoms with E-state index in [9.17, 15) is 23.9 Å². The fourth-order valence-corrected chi connectivity index (χ4v) is 5.29. The molecule has 2 aliphatic rings. The van der Waals surface area contributed by atoms with Gasteiger partial charge in [0.05, 0.1) is 30.4 Å². The molecule has 1 fully saturated rings. The quantitative estimate of drug-likeness (QED) is 0.433. The number of aromatic amines is 1. The van der Waals surface area contributed by atoms with Crippen LogP contribution in [-0.4, -0.2) is 84.6 Å². The van der Waals surface area contributed by atoms with Gasteiger partial charge in [0.15, 0.2) is 12.0 Å². The first kappa shape index (κ1) is 31.0. The number of hydrogen-bond acceptors (Lipinski definition) is 7. The Morgan fingerprint density at radius 3 is 2.73 bits per heavy atom. The highest BCUT2D eigenvalue weighted by Crippen LogP contribution is 2.31. The number of likely N-dealkylation sites (N-methyl/N-ethyl adjacent to an activating group) is 1. The summed E-state index contributed by atoms with van der Waals surface area (Å²) < 4.78 is 30.9. The predicted molar refractivity (Wildman–Crippen MR) is 150 cm³/mol. The summed E-state index contributed by atoms with van der Waals surface area (Å²) in [7, 11) is 2.87. The zero-order valence-electron chi connectivity index (χ0n) is 23.8. The van der Waals surface area contributed by atoms with Gasteiger partial charge in [-0.2, -0.15) is 0 Å². The maximum Gasteiger partial charge on any atom is 0.291 e. The fourth-order valence-electron chi connectivity index (χ4n) is 5.09. The normalized spacial score (nSPS) is 18.2. The number of hydrogen-bond donors (Lipinski definition) is 2. The van der Waals surface area contributed by atoms with Gasteiger partial charge in [0.25, 0.3) is 17.4 Å². The molecule has 0 aliphatic carbocycles. The summed E-state index contributed by atoms with van der Waals surface area (Å²) in [5.74, 6) is -1.72. The molecule has 1 saturated heterocycles. The number of nitrogens with zero attached hydrogens (tertiary/aromatic N) is 2. The van der Waals surface area contributed by atoms with Gasteiger partial charge < -0.3 is 34.1 Å². The standard InChI is InChI=1S/C29H37ClFN3O7/c1-29(2,16-35)21(41-22-7-5-6-12-40-22)15-33(3)28(38)24-18-10-11-34(14-17-8-9-20(31)19(30)13-17)27(37)23(18)25(39-4)26(36)32-24/h8-9,13,21-22,35H,5-7,10-12,14-16H2,1-4H3,(H,32,36)/t21-,22?/m1/s1. The molecular formula is C29H37ClFN3O7. The van der Waals surface area contributed by atoms with E-state index in [1.807, 2.05) is 13.8 Å². The minimum Gasteiger partial charge on any atom is -0.491 e. The van der Waals surface area contributed by atoms with Gasteiger partial charge in [0.1, 0.15) is 11.5 Å². The molecule has 1 unspecified atom stereocenters. The molecule has 10 nitrogen and oxygen atoms in total. The molecule has 0 bridgehead atoms. The SMILES string of the molecule is COc1c2c(c(C(=O)N(C)C[C@@H](OC3CCCCO3)C(C)(C)CO)[nH]c1=O)CCN(Cc1ccc(F)c(Cl)c1)C2=O. The van der Waals surface area contributed by atoms with E-state index in [2.05, 4.69) is 4.98 Å². The predicted octanol–water partition coefficient (Wildman–Crippen LogP) is 3.38. The lowest BCUT2D eigenvalue weighted by molar-refractivity contribution is -0.214. The van der Waals surface area contributed by atoms with Gasteiger partial charge in [0.2, 0.25) is 0 Å². The Balaban J connectivity index is 1.61. The fraction of sp³-hybridized carbons (Fsp3) is 0.552. The molecule has 224 valence electrons. The Hall–Kier alpha value is -2.99. The lowest BCUT2D eigenvalue weighted by Gasteiger charge is -2.38. The molecule has 12 heteroatoms. The number of benzene rings is 1. The van der Waals surface area contributed by atoms with Crippen molar-refractivity contribution in [1.29, 1.82) is 0 Å². The second-order valence-electron chi connectivity index (χ2n) is 11.2. The Kier molecular flexibility index (Phi) is 9.73. The van der Waals surface area contributed by atoms with Gasteiger partial charge in [-0.15, -0.1) is 0 Å². The highest BCUT2D eigenvalue weighted by atomic mass is 35.5. The smallest absolute Gasteiger partial charge is 0.291 e. The van der Waals surface area contributed by atoms with E-state index in [0.29, 0.717) is 17.7 Å². The molecule has 2 amide bonds. The van der Waals surface area contributed by atoms with Crippen LogP contribution in [0.5, 0.6) is 5.75 Å². The third-order valence-electron chi connectivity index (χ3n) is 7.70. The number of carbonyl (C=O) groups excluding carboxylic acids is 2. The molecule has 2 aliphatic heterocycles. The topological polar surface area (TPSA) is 121 Å². The van der Waals surface area contributed by atoms with Gasteiger partial charge in [-0.25, -0.2) is 4.39 Å². The molecule has 0 radical (unpaired) electrons. The zero-order valence-corrected chi connectivity index (χ0v) is 24.6. The molecule has 0 saturated carbocycles. The van der Waals surface area contributed by atoms with Crippen LogP contribution in [0.15, 0.2) is 23.0 Å². The second kappa shape index (κ2) is 12.9. The number of ether oxygens (including phenoxy) is 3. The Bertz CT molecular complexity index is 1340. The van der Waals surface area contributed by atoms with E-state index in [1.54, 1.807) is 7.05 Å². The number of rotatable bonds is 10. The molecule has 0 spiro atoms. The summed E-state index contributed by atoms with van der Waals surface area (Å²) in [6.07, 6.45) is 1.91. The highest BCUT2D eigenvalue weighted by Gasteiger charge is 2.37. The van der Waals surface area contributed by atoms with Crippen LogP contribution in [0.4, 0.5) is 4.39 Å². The lowest BCUT2D eigenvalue weighted by Crippen LogP contribution is -2.48. The number of aliphatic hydroxyl groups is 1. The van der Waals surface area contributed by atoms with Crippen LogP contribution >= 0.6 is 11.6 Å². The van der Waals surface area contributed by atoms with Crippen LogP contribution < -0.4 is 10.3 Å². The average molecular weight is 594 g/mol. The van der Waals surface area contributed by atoms with Crippen molar-refractivity contribution >= 4 is 23.4 Å². The third-order valence-corrected chi connectivity index (χ3v) is 7.99. The number of nitrogens with one attached hydrogen (secondary N) is 1. The maximum absolute atomic E-state index is 13.8. The number of fused-ring (bicyclic) bond motifs is 1. The number of aromatic nitrogens is 1. The van der Waals surface area contributed by atoms with Gasteiger partial charge >= 0.3 is 0 Å². The van der Waals surface area contributed by atoms with Crippen LogP contribution in [0.3, 0.4) is 0 Å². The first-order valence-electron chi connectivity index (χ1n) is 13.7. The van der Waals surface area contributed by atoms with Crippen molar-refractivity contribution in [3.8, 4) is 5.75 Å². The summed E-state index contributed by atoms with van der Waals surface area (Å²) in [5, 5.41) is 9.99. The Morgan fingerprint density at radius 2 is 2.10 bits per heavy atom. The number of amides is 2.